The van der Waals surface area contributed by atoms with Crippen molar-refractivity contribution in [2.24, 2.45) is 7.05 Å². The number of hydrogen-bond donors (Lipinski definition) is 0. The van der Waals surface area contributed by atoms with E-state index in [0.717, 1.165) is 29.0 Å². The minimum Gasteiger partial charge on any atom is -0.445 e. The summed E-state index contributed by atoms with van der Waals surface area (Å²) in [6.45, 7) is 0. The van der Waals surface area contributed by atoms with Crippen LogP contribution >= 0.6 is 0 Å². The molecule has 25 heavy (non-hydrogen) atoms. The summed E-state index contributed by atoms with van der Waals surface area (Å²) in [7, 11) is -2.33. The van der Waals surface area contributed by atoms with Gasteiger partial charge in [-0.15, -0.1) is 0 Å². The van der Waals surface area contributed by atoms with Gasteiger partial charge in [-0.25, -0.2) is 22.2 Å². The van der Waals surface area contributed by atoms with E-state index in [1.54, 1.807) is 0 Å². The van der Waals surface area contributed by atoms with Crippen molar-refractivity contribution in [2.75, 3.05) is 6.26 Å². The Balaban J connectivity index is 2.19. The number of rotatable bonds is 3. The zero-order chi connectivity index (χ0) is 18.4. The van der Waals surface area contributed by atoms with Gasteiger partial charge in [0.1, 0.15) is 5.65 Å². The third kappa shape index (κ3) is 3.07. The molecular weight excluding hydrogens is 356 g/mol. The maximum atomic E-state index is 13.7. The number of halogens is 2. The van der Waals surface area contributed by atoms with Crippen molar-refractivity contribution in [1.29, 1.82) is 0 Å². The lowest BCUT2D eigenvalue weighted by molar-refractivity contribution is 0.401. The van der Waals surface area contributed by atoms with E-state index in [0.29, 0.717) is 0 Å². The number of hydrogen-bond acceptors (Lipinski definition) is 6. The predicted octanol–water partition coefficient (Wildman–Crippen LogP) is 1.80. The van der Waals surface area contributed by atoms with Gasteiger partial charge in [0.2, 0.25) is 15.0 Å². The zero-order valence-corrected chi connectivity index (χ0v) is 13.8. The van der Waals surface area contributed by atoms with Crippen LogP contribution in [0.3, 0.4) is 0 Å². The smallest absolute Gasteiger partial charge is 0.294 e. The Kier molecular flexibility index (Phi) is 3.99. The molecule has 0 aliphatic carbocycles. The normalized spacial score (nSPS) is 11.7. The summed E-state index contributed by atoms with van der Waals surface area (Å²) in [5, 5.41) is -0.176. The fourth-order valence-corrected chi connectivity index (χ4v) is 2.64. The first-order chi connectivity index (χ1) is 11.7. The Bertz CT molecular complexity index is 1140. The highest BCUT2D eigenvalue weighted by molar-refractivity contribution is 7.90. The molecular formula is C15H11F2N3O4S. The quantitative estimate of drug-likeness (QED) is 0.656. The second kappa shape index (κ2) is 5.88. The van der Waals surface area contributed by atoms with Crippen LogP contribution in [0.15, 0.2) is 40.4 Å². The number of fused-ring (bicyclic) bond motifs is 1. The topological polar surface area (TPSA) is 91.2 Å². The fourth-order valence-electron chi connectivity index (χ4n) is 2.14. The van der Waals surface area contributed by atoms with Gasteiger partial charge in [-0.2, -0.15) is 4.98 Å². The van der Waals surface area contributed by atoms with Crippen molar-refractivity contribution in [3.05, 3.63) is 52.5 Å². The number of aryl methyl sites for hydroxylation is 1. The van der Waals surface area contributed by atoms with Crippen LogP contribution < -0.4 is 10.3 Å². The summed E-state index contributed by atoms with van der Waals surface area (Å²) in [4.78, 5) is 19.9. The molecule has 0 N–H and O–H groups in total. The van der Waals surface area contributed by atoms with E-state index in [4.69, 9.17) is 4.74 Å². The number of nitrogens with zero attached hydrogens (tertiary/aromatic N) is 3. The van der Waals surface area contributed by atoms with Crippen LogP contribution in [0.25, 0.3) is 11.0 Å². The minimum absolute atomic E-state index is 0.0433. The molecule has 0 unspecified atom stereocenters. The summed E-state index contributed by atoms with van der Waals surface area (Å²) in [5.41, 5.74) is -0.699. The summed E-state index contributed by atoms with van der Waals surface area (Å²) in [5.74, 6) is -3.00. The zero-order valence-electron chi connectivity index (χ0n) is 13.0. The highest BCUT2D eigenvalue weighted by Gasteiger charge is 2.18. The van der Waals surface area contributed by atoms with Crippen LogP contribution in [0.4, 0.5) is 8.78 Å². The minimum atomic E-state index is -3.66. The van der Waals surface area contributed by atoms with E-state index in [9.17, 15) is 22.0 Å². The van der Waals surface area contributed by atoms with Crippen molar-refractivity contribution in [3.63, 3.8) is 0 Å². The number of benzene rings is 1. The molecule has 0 saturated heterocycles. The van der Waals surface area contributed by atoms with E-state index in [1.807, 2.05) is 0 Å². The first kappa shape index (κ1) is 17.0. The van der Waals surface area contributed by atoms with Gasteiger partial charge >= 0.3 is 0 Å². The van der Waals surface area contributed by atoms with Gasteiger partial charge < -0.3 is 4.74 Å². The van der Waals surface area contributed by atoms with E-state index in [1.165, 1.54) is 19.3 Å². The van der Waals surface area contributed by atoms with Crippen molar-refractivity contribution < 1.29 is 21.9 Å². The first-order valence-electron chi connectivity index (χ1n) is 6.87. The molecule has 0 amide bonds. The van der Waals surface area contributed by atoms with E-state index in [-0.39, 0.29) is 16.8 Å². The molecule has 10 heteroatoms. The first-order valence-corrected chi connectivity index (χ1v) is 8.76. The van der Waals surface area contributed by atoms with Crippen molar-refractivity contribution in [3.8, 4) is 11.5 Å². The monoisotopic (exact) mass is 367 g/mol. The molecule has 1 aromatic carbocycles. The Labute approximate surface area is 140 Å². The van der Waals surface area contributed by atoms with E-state index in [2.05, 4.69) is 9.97 Å². The van der Waals surface area contributed by atoms with Crippen LogP contribution in [0.2, 0.25) is 0 Å². The molecule has 3 rings (SSSR count). The highest BCUT2D eigenvalue weighted by Crippen LogP contribution is 2.26. The molecule has 0 aliphatic rings. The number of para-hydroxylation sites is 1. The lowest BCUT2D eigenvalue weighted by atomic mass is 10.3. The van der Waals surface area contributed by atoms with Gasteiger partial charge in [0.05, 0.1) is 0 Å². The third-order valence-electron chi connectivity index (χ3n) is 3.36. The molecule has 7 nitrogen and oxygen atoms in total. The number of sulfone groups is 1. The molecule has 0 radical (unpaired) electrons. The standard InChI is InChI=1S/C15H11F2N3O4S/c1-20-13-8(7-18-15(19-13)25(2,22)23)6-11(14(20)21)24-12-9(16)4-3-5-10(12)17/h3-7H,1-2H3. The second-order valence-corrected chi connectivity index (χ2v) is 7.14. The van der Waals surface area contributed by atoms with Gasteiger partial charge in [-0.1, -0.05) is 6.07 Å². The van der Waals surface area contributed by atoms with Gasteiger partial charge in [0, 0.05) is 24.9 Å². The molecule has 0 aliphatic heterocycles. The molecule has 3 aromatic rings. The van der Waals surface area contributed by atoms with Crippen LogP contribution in [-0.4, -0.2) is 29.2 Å². The lowest BCUT2D eigenvalue weighted by Gasteiger charge is -2.10. The van der Waals surface area contributed by atoms with Crippen molar-refractivity contribution >= 4 is 20.9 Å². The number of pyridine rings is 1. The molecule has 2 aromatic heterocycles. The van der Waals surface area contributed by atoms with E-state index >= 15 is 0 Å². The molecule has 0 fully saturated rings. The fraction of sp³-hybridized carbons (Fsp3) is 0.133. The van der Waals surface area contributed by atoms with Gasteiger partial charge in [-0.3, -0.25) is 9.36 Å². The number of ether oxygens (including phenoxy) is 1. The van der Waals surface area contributed by atoms with Crippen LogP contribution in [-0.2, 0) is 16.9 Å². The largest absolute Gasteiger partial charge is 0.445 e. The Morgan fingerprint density at radius 1 is 1.20 bits per heavy atom. The van der Waals surface area contributed by atoms with Crippen LogP contribution in [0.5, 0.6) is 11.5 Å². The predicted molar refractivity (Wildman–Crippen MR) is 84.3 cm³/mol. The third-order valence-corrected chi connectivity index (χ3v) is 4.22. The van der Waals surface area contributed by atoms with Gasteiger partial charge in [0.25, 0.3) is 5.56 Å². The average Bonchev–Trinajstić information content (AvgIpc) is 2.54. The van der Waals surface area contributed by atoms with Crippen LogP contribution in [0.1, 0.15) is 0 Å². The Morgan fingerprint density at radius 3 is 2.44 bits per heavy atom. The SMILES string of the molecule is Cn1c(=O)c(Oc2c(F)cccc2F)cc2cnc(S(C)(=O)=O)nc21. The average molecular weight is 367 g/mol. The highest BCUT2D eigenvalue weighted by atomic mass is 32.2. The summed E-state index contributed by atoms with van der Waals surface area (Å²) in [6.07, 6.45) is 2.12. The van der Waals surface area contributed by atoms with Gasteiger partial charge in [0.15, 0.2) is 23.1 Å². The summed E-state index contributed by atoms with van der Waals surface area (Å²) < 4.78 is 56.6. The second-order valence-electron chi connectivity index (χ2n) is 5.23. The van der Waals surface area contributed by atoms with Crippen molar-refractivity contribution in [1.82, 2.24) is 14.5 Å². The maximum absolute atomic E-state index is 13.7. The molecule has 0 spiro atoms. The molecule has 2 heterocycles. The van der Waals surface area contributed by atoms with Crippen LogP contribution in [0, 0.1) is 11.6 Å². The van der Waals surface area contributed by atoms with E-state index < -0.39 is 37.9 Å². The number of aromatic nitrogens is 3. The lowest BCUT2D eigenvalue weighted by Crippen LogP contribution is -2.20. The Morgan fingerprint density at radius 2 is 1.84 bits per heavy atom. The van der Waals surface area contributed by atoms with Gasteiger partial charge in [-0.05, 0) is 18.2 Å². The molecule has 0 saturated carbocycles. The molecule has 130 valence electrons. The Hall–Kier alpha value is -2.88. The summed E-state index contributed by atoms with van der Waals surface area (Å²) in [6, 6.07) is 4.34. The maximum Gasteiger partial charge on any atom is 0.294 e. The molecule has 0 atom stereocenters. The summed E-state index contributed by atoms with van der Waals surface area (Å²) >= 11 is 0. The molecule has 0 bridgehead atoms. The van der Waals surface area contributed by atoms with Crippen molar-refractivity contribution in [2.45, 2.75) is 5.16 Å².